The molecule has 112 valence electrons. The summed E-state index contributed by atoms with van der Waals surface area (Å²) in [5.74, 6) is 2.01. The van der Waals surface area contributed by atoms with Gasteiger partial charge in [0.05, 0.1) is 0 Å². The quantitative estimate of drug-likeness (QED) is 0.793. The van der Waals surface area contributed by atoms with Gasteiger partial charge in [-0.15, -0.1) is 0 Å². The fraction of sp³-hybridized carbons (Fsp3) is 0.706. The Morgan fingerprint density at radius 2 is 1.80 bits per heavy atom. The van der Waals surface area contributed by atoms with Crippen molar-refractivity contribution in [2.24, 2.45) is 5.92 Å². The zero-order chi connectivity index (χ0) is 14.4. The summed E-state index contributed by atoms with van der Waals surface area (Å²) in [5, 5.41) is 0. The number of nitrogens with zero attached hydrogens (tertiary/aromatic N) is 3. The van der Waals surface area contributed by atoms with E-state index in [-0.39, 0.29) is 0 Å². The molecule has 1 saturated heterocycles. The van der Waals surface area contributed by atoms with Crippen LogP contribution in [0.3, 0.4) is 0 Å². The first-order chi connectivity index (χ1) is 9.74. The number of hydrogen-bond donors (Lipinski definition) is 0. The molecule has 1 fully saturated rings. The molecule has 1 aromatic heterocycles. The monoisotopic (exact) mass is 275 g/mol. The SMILES string of the molecule is CCC(CC)CC(C)N1CCN(c2ccccn2)CC1. The van der Waals surface area contributed by atoms with Crippen molar-refractivity contribution in [3.63, 3.8) is 0 Å². The van der Waals surface area contributed by atoms with Crippen LogP contribution in [0.4, 0.5) is 5.82 Å². The average molecular weight is 275 g/mol. The van der Waals surface area contributed by atoms with Gasteiger partial charge in [0.2, 0.25) is 0 Å². The Morgan fingerprint density at radius 3 is 2.35 bits per heavy atom. The Morgan fingerprint density at radius 1 is 1.10 bits per heavy atom. The number of anilines is 1. The van der Waals surface area contributed by atoms with E-state index >= 15 is 0 Å². The molecule has 1 unspecified atom stereocenters. The van der Waals surface area contributed by atoms with E-state index in [1.54, 1.807) is 0 Å². The van der Waals surface area contributed by atoms with E-state index in [0.717, 1.165) is 37.9 Å². The zero-order valence-corrected chi connectivity index (χ0v) is 13.3. The van der Waals surface area contributed by atoms with E-state index in [1.165, 1.54) is 19.3 Å². The molecule has 0 aliphatic carbocycles. The van der Waals surface area contributed by atoms with Crippen molar-refractivity contribution in [2.75, 3.05) is 31.1 Å². The topological polar surface area (TPSA) is 19.4 Å². The third-order valence-corrected chi connectivity index (χ3v) is 4.74. The molecule has 0 saturated carbocycles. The number of piperazine rings is 1. The van der Waals surface area contributed by atoms with Gasteiger partial charge in [-0.05, 0) is 31.4 Å². The van der Waals surface area contributed by atoms with Crippen LogP contribution in [0.25, 0.3) is 0 Å². The normalized spacial score (nSPS) is 18.5. The van der Waals surface area contributed by atoms with Crippen molar-refractivity contribution in [3.8, 4) is 0 Å². The Balaban J connectivity index is 1.82. The van der Waals surface area contributed by atoms with Crippen LogP contribution in [0, 0.1) is 5.92 Å². The van der Waals surface area contributed by atoms with Gasteiger partial charge in [0.25, 0.3) is 0 Å². The lowest BCUT2D eigenvalue weighted by molar-refractivity contribution is 0.168. The second kappa shape index (κ2) is 7.63. The molecule has 3 heteroatoms. The summed E-state index contributed by atoms with van der Waals surface area (Å²) in [7, 11) is 0. The third-order valence-electron chi connectivity index (χ3n) is 4.74. The maximum Gasteiger partial charge on any atom is 0.128 e. The van der Waals surface area contributed by atoms with Crippen LogP contribution in [0.5, 0.6) is 0 Å². The average Bonchev–Trinajstić information content (AvgIpc) is 2.53. The highest BCUT2D eigenvalue weighted by Gasteiger charge is 2.22. The van der Waals surface area contributed by atoms with Crippen LogP contribution in [-0.2, 0) is 0 Å². The van der Waals surface area contributed by atoms with Gasteiger partial charge in [0.15, 0.2) is 0 Å². The molecule has 0 spiro atoms. The smallest absolute Gasteiger partial charge is 0.128 e. The van der Waals surface area contributed by atoms with Gasteiger partial charge in [0, 0.05) is 38.4 Å². The van der Waals surface area contributed by atoms with E-state index in [1.807, 2.05) is 12.3 Å². The van der Waals surface area contributed by atoms with Gasteiger partial charge >= 0.3 is 0 Å². The minimum Gasteiger partial charge on any atom is -0.354 e. The van der Waals surface area contributed by atoms with Gasteiger partial charge in [-0.1, -0.05) is 32.8 Å². The fourth-order valence-electron chi connectivity index (χ4n) is 3.19. The molecular weight excluding hydrogens is 246 g/mol. The Labute approximate surface area is 124 Å². The second-order valence-electron chi connectivity index (χ2n) is 5.98. The largest absolute Gasteiger partial charge is 0.354 e. The molecule has 1 aliphatic rings. The van der Waals surface area contributed by atoms with E-state index in [2.05, 4.69) is 47.7 Å². The van der Waals surface area contributed by atoms with Crippen molar-refractivity contribution in [2.45, 2.75) is 46.1 Å². The van der Waals surface area contributed by atoms with Crippen molar-refractivity contribution >= 4 is 5.82 Å². The molecule has 0 bridgehead atoms. The van der Waals surface area contributed by atoms with Crippen LogP contribution >= 0.6 is 0 Å². The number of pyridine rings is 1. The molecule has 2 heterocycles. The van der Waals surface area contributed by atoms with Crippen LogP contribution < -0.4 is 4.90 Å². The predicted octanol–water partition coefficient (Wildman–Crippen LogP) is 3.42. The van der Waals surface area contributed by atoms with Crippen molar-refractivity contribution in [1.82, 2.24) is 9.88 Å². The second-order valence-corrected chi connectivity index (χ2v) is 5.98. The highest BCUT2D eigenvalue weighted by atomic mass is 15.3. The summed E-state index contributed by atoms with van der Waals surface area (Å²) in [4.78, 5) is 9.51. The predicted molar refractivity (Wildman–Crippen MR) is 86.2 cm³/mol. The lowest BCUT2D eigenvalue weighted by atomic mass is 9.94. The number of rotatable bonds is 6. The van der Waals surface area contributed by atoms with Crippen LogP contribution in [0.2, 0.25) is 0 Å². The Hall–Kier alpha value is -1.09. The molecule has 0 aromatic carbocycles. The lowest BCUT2D eigenvalue weighted by Gasteiger charge is -2.39. The van der Waals surface area contributed by atoms with Crippen LogP contribution in [0.15, 0.2) is 24.4 Å². The minimum absolute atomic E-state index is 0.714. The number of hydrogen-bond acceptors (Lipinski definition) is 3. The van der Waals surface area contributed by atoms with Gasteiger partial charge in [-0.2, -0.15) is 0 Å². The Bertz CT molecular complexity index is 367. The fourth-order valence-corrected chi connectivity index (χ4v) is 3.19. The third kappa shape index (κ3) is 3.95. The highest BCUT2D eigenvalue weighted by molar-refractivity contribution is 5.38. The van der Waals surface area contributed by atoms with E-state index in [9.17, 15) is 0 Å². The summed E-state index contributed by atoms with van der Waals surface area (Å²) in [6, 6.07) is 6.89. The maximum absolute atomic E-state index is 4.45. The van der Waals surface area contributed by atoms with E-state index in [4.69, 9.17) is 0 Å². The molecule has 1 atom stereocenters. The number of aromatic nitrogens is 1. The van der Waals surface area contributed by atoms with E-state index < -0.39 is 0 Å². The standard InChI is InChI=1S/C17H29N3/c1-4-16(5-2)14-15(3)19-10-12-20(13-11-19)17-8-6-7-9-18-17/h6-9,15-16H,4-5,10-14H2,1-3H3. The van der Waals surface area contributed by atoms with Gasteiger partial charge in [-0.3, -0.25) is 4.90 Å². The molecule has 0 N–H and O–H groups in total. The maximum atomic E-state index is 4.45. The minimum atomic E-state index is 0.714. The summed E-state index contributed by atoms with van der Waals surface area (Å²) >= 11 is 0. The molecule has 0 amide bonds. The zero-order valence-electron chi connectivity index (χ0n) is 13.3. The van der Waals surface area contributed by atoms with Gasteiger partial charge in [-0.25, -0.2) is 4.98 Å². The summed E-state index contributed by atoms with van der Waals surface area (Å²) in [6.07, 6.45) is 5.86. The molecular formula is C17H29N3. The molecule has 3 nitrogen and oxygen atoms in total. The molecule has 2 rings (SSSR count). The summed E-state index contributed by atoms with van der Waals surface area (Å²) in [5.41, 5.74) is 0. The van der Waals surface area contributed by atoms with Crippen molar-refractivity contribution in [1.29, 1.82) is 0 Å². The lowest BCUT2D eigenvalue weighted by Crippen LogP contribution is -2.50. The first-order valence-electron chi connectivity index (χ1n) is 8.14. The molecule has 0 radical (unpaired) electrons. The first-order valence-corrected chi connectivity index (χ1v) is 8.14. The van der Waals surface area contributed by atoms with Crippen LogP contribution in [0.1, 0.15) is 40.0 Å². The van der Waals surface area contributed by atoms with E-state index in [0.29, 0.717) is 6.04 Å². The van der Waals surface area contributed by atoms with Crippen LogP contribution in [-0.4, -0.2) is 42.1 Å². The Kier molecular flexibility index (Phi) is 5.84. The first kappa shape index (κ1) is 15.3. The summed E-state index contributed by atoms with van der Waals surface area (Å²) < 4.78 is 0. The highest BCUT2D eigenvalue weighted by Crippen LogP contribution is 2.20. The molecule has 1 aromatic rings. The van der Waals surface area contributed by atoms with Gasteiger partial charge in [0.1, 0.15) is 5.82 Å². The molecule has 1 aliphatic heterocycles. The van der Waals surface area contributed by atoms with Crippen molar-refractivity contribution < 1.29 is 0 Å². The van der Waals surface area contributed by atoms with Crippen molar-refractivity contribution in [3.05, 3.63) is 24.4 Å². The van der Waals surface area contributed by atoms with Gasteiger partial charge < -0.3 is 4.90 Å². The molecule has 20 heavy (non-hydrogen) atoms. The summed E-state index contributed by atoms with van der Waals surface area (Å²) in [6.45, 7) is 11.6.